The van der Waals surface area contributed by atoms with Crippen molar-refractivity contribution in [2.75, 3.05) is 7.11 Å². The van der Waals surface area contributed by atoms with Crippen LogP contribution in [0.15, 0.2) is 33.4 Å². The summed E-state index contributed by atoms with van der Waals surface area (Å²) in [6.45, 7) is 2.08. The van der Waals surface area contributed by atoms with Crippen molar-refractivity contribution in [2.24, 2.45) is 5.73 Å². The maximum absolute atomic E-state index is 6.24. The Morgan fingerprint density at radius 1 is 1.39 bits per heavy atom. The minimum absolute atomic E-state index is 0.00301. The maximum atomic E-state index is 6.24. The van der Waals surface area contributed by atoms with Gasteiger partial charge in [0.2, 0.25) is 0 Å². The fraction of sp³-hybridized carbons (Fsp3) is 0.286. The standard InChI is InChI=1S/C14H16BrNOS/c1-9-3-4-13(17-2)10(5-9)6-12(16)11-7-14(15)18-8-11/h3-5,7-8,12H,6,16H2,1-2H3. The predicted octanol–water partition coefficient (Wildman–Crippen LogP) is 4.07. The molecule has 0 saturated heterocycles. The molecule has 4 heteroatoms. The van der Waals surface area contributed by atoms with Gasteiger partial charge < -0.3 is 10.5 Å². The molecule has 0 saturated carbocycles. The Bertz CT molecular complexity index is 538. The first-order chi connectivity index (χ1) is 8.60. The number of nitrogens with two attached hydrogens (primary N) is 1. The number of hydrogen-bond acceptors (Lipinski definition) is 3. The van der Waals surface area contributed by atoms with Crippen molar-refractivity contribution in [3.63, 3.8) is 0 Å². The predicted molar refractivity (Wildman–Crippen MR) is 80.4 cm³/mol. The van der Waals surface area contributed by atoms with E-state index in [1.165, 1.54) is 5.56 Å². The van der Waals surface area contributed by atoms with Crippen molar-refractivity contribution < 1.29 is 4.74 Å². The molecule has 1 aromatic carbocycles. The normalized spacial score (nSPS) is 12.4. The molecule has 2 aromatic rings. The van der Waals surface area contributed by atoms with E-state index < -0.39 is 0 Å². The first-order valence-corrected chi connectivity index (χ1v) is 7.40. The Hall–Kier alpha value is -0.840. The molecular formula is C14H16BrNOS. The average molecular weight is 326 g/mol. The van der Waals surface area contributed by atoms with Crippen LogP contribution in [0.4, 0.5) is 0 Å². The van der Waals surface area contributed by atoms with Gasteiger partial charge in [-0.1, -0.05) is 17.7 Å². The molecule has 1 atom stereocenters. The molecule has 18 heavy (non-hydrogen) atoms. The first-order valence-electron chi connectivity index (χ1n) is 5.73. The summed E-state index contributed by atoms with van der Waals surface area (Å²) < 4.78 is 6.50. The molecule has 1 aromatic heterocycles. The molecule has 2 N–H and O–H groups in total. The van der Waals surface area contributed by atoms with Crippen LogP contribution in [-0.4, -0.2) is 7.11 Å². The molecule has 2 rings (SSSR count). The number of thiophene rings is 1. The second-order valence-electron chi connectivity index (χ2n) is 4.31. The highest BCUT2D eigenvalue weighted by molar-refractivity contribution is 9.11. The van der Waals surface area contributed by atoms with Crippen LogP contribution in [0.25, 0.3) is 0 Å². The zero-order valence-corrected chi connectivity index (χ0v) is 12.8. The Labute approximate surface area is 120 Å². The quantitative estimate of drug-likeness (QED) is 0.919. The highest BCUT2D eigenvalue weighted by Crippen LogP contribution is 2.29. The van der Waals surface area contributed by atoms with Gasteiger partial charge in [-0.05, 0) is 57.9 Å². The van der Waals surface area contributed by atoms with Crippen LogP contribution in [0.5, 0.6) is 5.75 Å². The van der Waals surface area contributed by atoms with Gasteiger partial charge in [0.05, 0.1) is 10.9 Å². The van der Waals surface area contributed by atoms with Crippen molar-refractivity contribution in [1.29, 1.82) is 0 Å². The third-order valence-electron chi connectivity index (χ3n) is 2.89. The van der Waals surface area contributed by atoms with Gasteiger partial charge in [0.1, 0.15) is 5.75 Å². The van der Waals surface area contributed by atoms with Crippen molar-refractivity contribution in [3.05, 3.63) is 50.1 Å². The number of rotatable bonds is 4. The molecule has 96 valence electrons. The van der Waals surface area contributed by atoms with E-state index in [4.69, 9.17) is 10.5 Å². The van der Waals surface area contributed by atoms with Crippen LogP contribution in [-0.2, 0) is 6.42 Å². The van der Waals surface area contributed by atoms with Gasteiger partial charge in [0, 0.05) is 6.04 Å². The Kier molecular flexibility index (Phi) is 4.43. The van der Waals surface area contributed by atoms with Crippen LogP contribution in [0, 0.1) is 6.92 Å². The molecular weight excluding hydrogens is 310 g/mol. The second-order valence-corrected chi connectivity index (χ2v) is 6.60. The number of ether oxygens (including phenoxy) is 1. The van der Waals surface area contributed by atoms with Crippen molar-refractivity contribution >= 4 is 27.3 Å². The Balaban J connectivity index is 2.20. The largest absolute Gasteiger partial charge is 0.496 e. The minimum atomic E-state index is 0.00301. The van der Waals surface area contributed by atoms with Crippen LogP contribution in [0.2, 0.25) is 0 Å². The molecule has 0 amide bonds. The van der Waals surface area contributed by atoms with Crippen LogP contribution in [0.3, 0.4) is 0 Å². The van der Waals surface area contributed by atoms with E-state index in [1.54, 1.807) is 18.4 Å². The van der Waals surface area contributed by atoms with Gasteiger partial charge in [0.15, 0.2) is 0 Å². The van der Waals surface area contributed by atoms with E-state index in [0.717, 1.165) is 27.1 Å². The van der Waals surface area contributed by atoms with Gasteiger partial charge in [-0.25, -0.2) is 0 Å². The van der Waals surface area contributed by atoms with Gasteiger partial charge in [0.25, 0.3) is 0 Å². The Morgan fingerprint density at radius 3 is 2.78 bits per heavy atom. The molecule has 0 aliphatic rings. The number of hydrogen-bond donors (Lipinski definition) is 1. The van der Waals surface area contributed by atoms with Crippen LogP contribution < -0.4 is 10.5 Å². The number of benzene rings is 1. The smallest absolute Gasteiger partial charge is 0.122 e. The van der Waals surface area contributed by atoms with E-state index in [-0.39, 0.29) is 6.04 Å². The molecule has 1 unspecified atom stereocenters. The summed E-state index contributed by atoms with van der Waals surface area (Å²) in [5.74, 6) is 0.908. The average Bonchev–Trinajstić information content (AvgIpc) is 2.76. The lowest BCUT2D eigenvalue weighted by Crippen LogP contribution is -2.13. The summed E-state index contributed by atoms with van der Waals surface area (Å²) in [5, 5.41) is 2.09. The summed E-state index contributed by atoms with van der Waals surface area (Å²) in [7, 11) is 1.70. The topological polar surface area (TPSA) is 35.2 Å². The summed E-state index contributed by atoms with van der Waals surface area (Å²) in [6.07, 6.45) is 0.786. The van der Waals surface area contributed by atoms with Gasteiger partial charge >= 0.3 is 0 Å². The second kappa shape index (κ2) is 5.87. The first kappa shape index (κ1) is 13.6. The van der Waals surface area contributed by atoms with E-state index in [2.05, 4.69) is 46.4 Å². The molecule has 0 spiro atoms. The molecule has 0 aliphatic carbocycles. The third kappa shape index (κ3) is 3.13. The van der Waals surface area contributed by atoms with Crippen LogP contribution in [0.1, 0.15) is 22.7 Å². The minimum Gasteiger partial charge on any atom is -0.496 e. The molecule has 0 bridgehead atoms. The van der Waals surface area contributed by atoms with Gasteiger partial charge in [-0.2, -0.15) is 0 Å². The molecule has 2 nitrogen and oxygen atoms in total. The SMILES string of the molecule is COc1ccc(C)cc1CC(N)c1csc(Br)c1. The van der Waals surface area contributed by atoms with E-state index in [0.29, 0.717) is 0 Å². The van der Waals surface area contributed by atoms with E-state index >= 15 is 0 Å². The summed E-state index contributed by atoms with van der Waals surface area (Å²) in [6, 6.07) is 8.27. The lowest BCUT2D eigenvalue weighted by atomic mass is 10.00. The maximum Gasteiger partial charge on any atom is 0.122 e. The molecule has 0 fully saturated rings. The lowest BCUT2D eigenvalue weighted by Gasteiger charge is -2.14. The van der Waals surface area contributed by atoms with E-state index in [9.17, 15) is 0 Å². The third-order valence-corrected chi connectivity index (χ3v) is 4.41. The highest BCUT2D eigenvalue weighted by Gasteiger charge is 2.12. The fourth-order valence-electron chi connectivity index (χ4n) is 1.94. The number of halogens is 1. The van der Waals surface area contributed by atoms with Crippen molar-refractivity contribution in [3.8, 4) is 5.75 Å². The fourth-order valence-corrected chi connectivity index (χ4v) is 3.18. The lowest BCUT2D eigenvalue weighted by molar-refractivity contribution is 0.408. The molecule has 1 heterocycles. The van der Waals surface area contributed by atoms with Crippen molar-refractivity contribution in [2.45, 2.75) is 19.4 Å². The van der Waals surface area contributed by atoms with Crippen LogP contribution >= 0.6 is 27.3 Å². The summed E-state index contributed by atoms with van der Waals surface area (Å²) in [5.41, 5.74) is 9.79. The van der Waals surface area contributed by atoms with E-state index in [1.807, 2.05) is 6.07 Å². The summed E-state index contributed by atoms with van der Waals surface area (Å²) >= 11 is 5.13. The highest BCUT2D eigenvalue weighted by atomic mass is 79.9. The number of methoxy groups -OCH3 is 1. The van der Waals surface area contributed by atoms with Gasteiger partial charge in [-0.15, -0.1) is 11.3 Å². The Morgan fingerprint density at radius 2 is 2.17 bits per heavy atom. The zero-order valence-electron chi connectivity index (χ0n) is 10.4. The summed E-state index contributed by atoms with van der Waals surface area (Å²) in [4.78, 5) is 0. The zero-order chi connectivity index (χ0) is 13.1. The number of aryl methyl sites for hydroxylation is 1. The molecule has 0 radical (unpaired) electrons. The molecule has 0 aliphatic heterocycles. The van der Waals surface area contributed by atoms with Gasteiger partial charge in [-0.3, -0.25) is 0 Å². The monoisotopic (exact) mass is 325 g/mol. The van der Waals surface area contributed by atoms with Crippen molar-refractivity contribution in [1.82, 2.24) is 0 Å².